The first-order chi connectivity index (χ1) is 16.5. The fourth-order valence-corrected chi connectivity index (χ4v) is 4.73. The van der Waals surface area contributed by atoms with E-state index < -0.39 is 0 Å². The van der Waals surface area contributed by atoms with Gasteiger partial charge in [-0.3, -0.25) is 0 Å². The number of hydrazone groups is 1. The molecule has 0 saturated carbocycles. The molecule has 0 bridgehead atoms. The summed E-state index contributed by atoms with van der Waals surface area (Å²) < 4.78 is 16.6. The van der Waals surface area contributed by atoms with Gasteiger partial charge in [0.15, 0.2) is 11.5 Å². The minimum Gasteiger partial charge on any atom is -0.493 e. The molecule has 8 heteroatoms. The summed E-state index contributed by atoms with van der Waals surface area (Å²) in [5.41, 5.74) is 4.84. The summed E-state index contributed by atoms with van der Waals surface area (Å²) >= 11 is 0. The molecule has 2 aromatic rings. The van der Waals surface area contributed by atoms with Crippen molar-refractivity contribution in [2.75, 3.05) is 46.4 Å². The van der Waals surface area contributed by atoms with Crippen LogP contribution in [0.5, 0.6) is 11.5 Å². The maximum atomic E-state index is 12.7. The van der Waals surface area contributed by atoms with Gasteiger partial charge in [-0.15, -0.1) is 0 Å². The lowest BCUT2D eigenvalue weighted by atomic mass is 9.93. The molecule has 4 rings (SSSR count). The zero-order chi connectivity index (χ0) is 24.2. The molecule has 2 amide bonds. The number of rotatable bonds is 5. The molecule has 2 aliphatic rings. The fraction of sp³-hybridized carbons (Fsp3) is 0.462. The van der Waals surface area contributed by atoms with Crippen LogP contribution in [0.25, 0.3) is 0 Å². The zero-order valence-electron chi connectivity index (χ0n) is 20.6. The average molecular weight is 467 g/mol. The predicted octanol–water partition coefficient (Wildman–Crippen LogP) is 3.66. The maximum Gasteiger partial charge on any atom is 0.337 e. The van der Waals surface area contributed by atoms with Crippen LogP contribution in [0.3, 0.4) is 0 Å². The van der Waals surface area contributed by atoms with Crippen LogP contribution >= 0.6 is 0 Å². The van der Waals surface area contributed by atoms with E-state index in [0.717, 1.165) is 48.3 Å². The largest absolute Gasteiger partial charge is 0.493 e. The number of carbonyl (C=O) groups excluding carboxylic acids is 1. The van der Waals surface area contributed by atoms with Crippen molar-refractivity contribution in [2.45, 2.75) is 38.3 Å². The van der Waals surface area contributed by atoms with Crippen LogP contribution in [0, 0.1) is 0 Å². The number of methoxy groups -OCH3 is 3. The number of nitrogens with one attached hydrogen (secondary N) is 1. The lowest BCUT2D eigenvalue weighted by Crippen LogP contribution is -2.41. The highest BCUT2D eigenvalue weighted by Gasteiger charge is 2.28. The Morgan fingerprint density at radius 3 is 2.26 bits per heavy atom. The smallest absolute Gasteiger partial charge is 0.337 e. The summed E-state index contributed by atoms with van der Waals surface area (Å²) in [7, 11) is 6.66. The number of nitrogens with zero attached hydrogens (tertiary/aromatic N) is 3. The van der Waals surface area contributed by atoms with E-state index in [1.54, 1.807) is 28.4 Å². The fourth-order valence-electron chi connectivity index (χ4n) is 4.73. The number of amides is 2. The van der Waals surface area contributed by atoms with Crippen molar-refractivity contribution in [3.63, 3.8) is 0 Å². The van der Waals surface area contributed by atoms with E-state index in [-0.39, 0.29) is 12.1 Å². The van der Waals surface area contributed by atoms with Crippen LogP contribution in [0.15, 0.2) is 41.5 Å². The molecular weight excluding hydrogens is 432 g/mol. The van der Waals surface area contributed by atoms with Crippen LogP contribution in [0.2, 0.25) is 0 Å². The van der Waals surface area contributed by atoms with Gasteiger partial charge in [-0.25, -0.2) is 9.80 Å². The van der Waals surface area contributed by atoms with Gasteiger partial charge in [-0.05, 0) is 56.0 Å². The Bertz CT molecular complexity index is 1050. The molecule has 2 aromatic carbocycles. The van der Waals surface area contributed by atoms with E-state index in [1.807, 2.05) is 19.1 Å². The molecule has 1 N–H and O–H groups in total. The number of piperidine rings is 1. The van der Waals surface area contributed by atoms with Crippen LogP contribution < -0.4 is 19.7 Å². The number of urea groups is 1. The van der Waals surface area contributed by atoms with Gasteiger partial charge in [0.2, 0.25) is 0 Å². The van der Waals surface area contributed by atoms with E-state index in [4.69, 9.17) is 19.3 Å². The SMILES string of the molecule is CNC(=O)N1N=C(c2ccc(N3CCC(OC)CC3)cc2)c2cc(OC)c(OC)cc2C[C@@H]1C. The number of benzene rings is 2. The number of hydrogen-bond acceptors (Lipinski definition) is 6. The Balaban J connectivity index is 1.74. The normalized spacial score (nSPS) is 18.6. The molecule has 34 heavy (non-hydrogen) atoms. The maximum absolute atomic E-state index is 12.7. The standard InChI is InChI=1S/C26H34N4O4/c1-17-14-19-15-23(33-4)24(34-5)16-22(19)25(28-30(17)26(31)27-2)18-6-8-20(9-7-18)29-12-10-21(32-3)11-13-29/h6-9,15-17,21H,10-14H2,1-5H3,(H,27,31)/t17-/m0/s1. The van der Waals surface area contributed by atoms with E-state index in [9.17, 15) is 4.79 Å². The van der Waals surface area contributed by atoms with Crippen LogP contribution in [0.4, 0.5) is 10.5 Å². The summed E-state index contributed by atoms with van der Waals surface area (Å²) in [6.45, 7) is 3.94. The highest BCUT2D eigenvalue weighted by Crippen LogP contribution is 2.35. The van der Waals surface area contributed by atoms with Gasteiger partial charge in [0, 0.05) is 44.1 Å². The average Bonchev–Trinajstić information content (AvgIpc) is 3.03. The monoisotopic (exact) mass is 466 g/mol. The van der Waals surface area contributed by atoms with Crippen molar-refractivity contribution in [3.8, 4) is 11.5 Å². The molecular formula is C26H34N4O4. The summed E-state index contributed by atoms with van der Waals surface area (Å²) in [6, 6.07) is 12.0. The van der Waals surface area contributed by atoms with E-state index >= 15 is 0 Å². The van der Waals surface area contributed by atoms with Gasteiger partial charge in [0.25, 0.3) is 0 Å². The van der Waals surface area contributed by atoms with Crippen LogP contribution in [-0.4, -0.2) is 70.4 Å². The third kappa shape index (κ3) is 4.68. The Morgan fingerprint density at radius 1 is 1.03 bits per heavy atom. The van der Waals surface area contributed by atoms with Crippen LogP contribution in [0.1, 0.15) is 36.5 Å². The van der Waals surface area contributed by atoms with Crippen molar-refractivity contribution in [3.05, 3.63) is 53.1 Å². The Kier molecular flexibility index (Phi) is 7.26. The van der Waals surface area contributed by atoms with Crippen molar-refractivity contribution in [2.24, 2.45) is 5.10 Å². The highest BCUT2D eigenvalue weighted by molar-refractivity contribution is 6.14. The lowest BCUT2D eigenvalue weighted by Gasteiger charge is -2.33. The quantitative estimate of drug-likeness (QED) is 0.728. The number of hydrogen-bond donors (Lipinski definition) is 1. The lowest BCUT2D eigenvalue weighted by molar-refractivity contribution is 0.0819. The molecule has 1 atom stereocenters. The molecule has 0 unspecified atom stereocenters. The third-order valence-corrected chi connectivity index (χ3v) is 6.71. The minimum absolute atomic E-state index is 0.129. The Labute approximate surface area is 201 Å². The molecule has 0 aliphatic carbocycles. The number of anilines is 1. The van der Waals surface area contributed by atoms with E-state index in [1.165, 1.54) is 10.7 Å². The summed E-state index contributed by atoms with van der Waals surface area (Å²) in [5.74, 6) is 1.30. The molecule has 2 heterocycles. The molecule has 0 spiro atoms. The molecule has 1 fully saturated rings. The first-order valence-electron chi connectivity index (χ1n) is 11.7. The number of fused-ring (bicyclic) bond motifs is 1. The van der Waals surface area contributed by atoms with Crippen molar-refractivity contribution < 1.29 is 19.0 Å². The summed E-state index contributed by atoms with van der Waals surface area (Å²) in [6.07, 6.45) is 3.04. The highest BCUT2D eigenvalue weighted by atomic mass is 16.5. The van der Waals surface area contributed by atoms with Crippen molar-refractivity contribution in [1.29, 1.82) is 0 Å². The third-order valence-electron chi connectivity index (χ3n) is 6.71. The first-order valence-corrected chi connectivity index (χ1v) is 11.7. The molecule has 1 saturated heterocycles. The molecule has 0 aromatic heterocycles. The van der Waals surface area contributed by atoms with Crippen molar-refractivity contribution in [1.82, 2.24) is 10.3 Å². The molecule has 8 nitrogen and oxygen atoms in total. The zero-order valence-corrected chi connectivity index (χ0v) is 20.6. The van der Waals surface area contributed by atoms with Gasteiger partial charge in [-0.2, -0.15) is 5.10 Å². The second-order valence-corrected chi connectivity index (χ2v) is 8.73. The summed E-state index contributed by atoms with van der Waals surface area (Å²) in [5, 5.41) is 9.08. The van der Waals surface area contributed by atoms with E-state index in [2.05, 4.69) is 34.5 Å². The van der Waals surface area contributed by atoms with Gasteiger partial charge in [0.05, 0.1) is 32.1 Å². The second kappa shape index (κ2) is 10.3. The van der Waals surface area contributed by atoms with Gasteiger partial charge < -0.3 is 24.4 Å². The Hall–Kier alpha value is -3.26. The molecule has 2 aliphatic heterocycles. The first kappa shape index (κ1) is 23.9. The number of ether oxygens (including phenoxy) is 3. The van der Waals surface area contributed by atoms with Gasteiger partial charge in [-0.1, -0.05) is 12.1 Å². The topological polar surface area (TPSA) is 75.6 Å². The Morgan fingerprint density at radius 2 is 1.68 bits per heavy atom. The van der Waals surface area contributed by atoms with E-state index in [0.29, 0.717) is 24.0 Å². The molecule has 0 radical (unpaired) electrons. The van der Waals surface area contributed by atoms with Gasteiger partial charge in [0.1, 0.15) is 0 Å². The predicted molar refractivity (Wildman–Crippen MR) is 133 cm³/mol. The van der Waals surface area contributed by atoms with Gasteiger partial charge >= 0.3 is 6.03 Å². The van der Waals surface area contributed by atoms with Crippen LogP contribution in [-0.2, 0) is 11.2 Å². The van der Waals surface area contributed by atoms with Crippen molar-refractivity contribution >= 4 is 17.4 Å². The minimum atomic E-state index is -0.241. The molecule has 182 valence electrons. The summed E-state index contributed by atoms with van der Waals surface area (Å²) in [4.78, 5) is 15.0. The second-order valence-electron chi connectivity index (χ2n) is 8.73. The number of carbonyl (C=O) groups is 1.